The molecule has 1 amide bonds. The highest BCUT2D eigenvalue weighted by atomic mass is 19.1. The highest BCUT2D eigenvalue weighted by Gasteiger charge is 2.05. The molecule has 0 radical (unpaired) electrons. The van der Waals surface area contributed by atoms with E-state index in [4.69, 9.17) is 5.11 Å². The van der Waals surface area contributed by atoms with Gasteiger partial charge in [0, 0.05) is 0 Å². The molecule has 0 heterocycles. The second-order valence-corrected chi connectivity index (χ2v) is 2.77. The zero-order valence-corrected chi connectivity index (χ0v) is 8.58. The number of methoxy groups -OCH3 is 1. The number of hydrogen-bond donors (Lipinski definition) is 2. The molecule has 2 N–H and O–H groups in total. The summed E-state index contributed by atoms with van der Waals surface area (Å²) in [6, 6.07) is 3.72. The highest BCUT2D eigenvalue weighted by Crippen LogP contribution is 2.16. The van der Waals surface area contributed by atoms with Crippen LogP contribution in [0.5, 0.6) is 0 Å². The van der Waals surface area contributed by atoms with E-state index < -0.39 is 11.9 Å². The molecule has 0 saturated carbocycles. The average molecular weight is 223 g/mol. The number of aliphatic hydroxyl groups excluding tert-OH is 1. The number of amides is 1. The second kappa shape index (κ2) is 5.73. The van der Waals surface area contributed by atoms with Gasteiger partial charge in [0.05, 0.1) is 18.4 Å². The van der Waals surface area contributed by atoms with Crippen LogP contribution in [0.4, 0.5) is 14.9 Å². The van der Waals surface area contributed by atoms with Crippen molar-refractivity contribution in [2.24, 2.45) is 0 Å². The Hall–Kier alpha value is -2.06. The molecule has 5 heteroatoms. The van der Waals surface area contributed by atoms with Crippen molar-refractivity contribution in [2.75, 3.05) is 19.0 Å². The Bertz CT molecular complexity index is 448. The summed E-state index contributed by atoms with van der Waals surface area (Å²) in [4.78, 5) is 11.0. The van der Waals surface area contributed by atoms with Crippen molar-refractivity contribution in [3.63, 3.8) is 0 Å². The Morgan fingerprint density at radius 2 is 2.38 bits per heavy atom. The summed E-state index contributed by atoms with van der Waals surface area (Å²) in [5, 5.41) is 10.9. The lowest BCUT2D eigenvalue weighted by Gasteiger charge is -2.05. The Labute approximate surface area is 92.0 Å². The topological polar surface area (TPSA) is 58.6 Å². The smallest absolute Gasteiger partial charge is 0.411 e. The summed E-state index contributed by atoms with van der Waals surface area (Å²) in [7, 11) is 1.22. The molecule has 1 rings (SSSR count). The number of nitrogens with one attached hydrogen (secondary N) is 1. The second-order valence-electron chi connectivity index (χ2n) is 2.77. The normalized spacial score (nSPS) is 8.94. The molecule has 0 fully saturated rings. The number of aliphatic hydroxyl groups is 1. The number of carbonyl (C=O) groups is 1. The summed E-state index contributed by atoms with van der Waals surface area (Å²) in [5.74, 6) is 4.42. The van der Waals surface area contributed by atoms with E-state index in [1.54, 1.807) is 0 Å². The van der Waals surface area contributed by atoms with Gasteiger partial charge in [-0.05, 0) is 18.2 Å². The number of hydrogen-bond acceptors (Lipinski definition) is 3. The number of rotatable bonds is 1. The van der Waals surface area contributed by atoms with Crippen molar-refractivity contribution < 1.29 is 19.0 Å². The maximum absolute atomic E-state index is 12.9. The first-order valence-electron chi connectivity index (χ1n) is 4.41. The quantitative estimate of drug-likeness (QED) is 0.706. The molecule has 0 unspecified atom stereocenters. The fourth-order valence-electron chi connectivity index (χ4n) is 1.02. The molecule has 1 aromatic rings. The minimum Gasteiger partial charge on any atom is -0.453 e. The largest absolute Gasteiger partial charge is 0.453 e. The molecule has 0 aliphatic rings. The zero-order chi connectivity index (χ0) is 12.0. The number of benzene rings is 1. The van der Waals surface area contributed by atoms with E-state index in [0.717, 1.165) is 6.07 Å². The molecule has 0 atom stereocenters. The molecule has 84 valence electrons. The van der Waals surface area contributed by atoms with Crippen LogP contribution in [-0.4, -0.2) is 24.9 Å². The van der Waals surface area contributed by atoms with E-state index in [1.807, 2.05) is 0 Å². The lowest BCUT2D eigenvalue weighted by Crippen LogP contribution is -2.12. The first-order valence-corrected chi connectivity index (χ1v) is 4.41. The van der Waals surface area contributed by atoms with Gasteiger partial charge in [0.15, 0.2) is 0 Å². The molecule has 4 nitrogen and oxygen atoms in total. The van der Waals surface area contributed by atoms with Crippen LogP contribution in [0.2, 0.25) is 0 Å². The minimum absolute atomic E-state index is 0.277. The van der Waals surface area contributed by atoms with E-state index in [9.17, 15) is 9.18 Å². The van der Waals surface area contributed by atoms with E-state index in [1.165, 1.54) is 19.2 Å². The molecular formula is C11H10FNO3. The van der Waals surface area contributed by atoms with Crippen LogP contribution in [0.3, 0.4) is 0 Å². The van der Waals surface area contributed by atoms with Crippen molar-refractivity contribution in [2.45, 2.75) is 0 Å². The van der Waals surface area contributed by atoms with Crippen molar-refractivity contribution in [1.82, 2.24) is 0 Å². The predicted octanol–water partition coefficient (Wildman–Crippen LogP) is 1.35. The predicted molar refractivity (Wildman–Crippen MR) is 56.4 cm³/mol. The fourth-order valence-corrected chi connectivity index (χ4v) is 1.02. The maximum atomic E-state index is 12.9. The van der Waals surface area contributed by atoms with Gasteiger partial charge < -0.3 is 9.84 Å². The van der Waals surface area contributed by atoms with Gasteiger partial charge in [-0.1, -0.05) is 11.8 Å². The van der Waals surface area contributed by atoms with E-state index >= 15 is 0 Å². The fraction of sp³-hybridized carbons (Fsp3) is 0.182. The molecule has 1 aromatic carbocycles. The van der Waals surface area contributed by atoms with Crippen LogP contribution in [0.1, 0.15) is 5.56 Å². The Morgan fingerprint density at radius 1 is 1.62 bits per heavy atom. The van der Waals surface area contributed by atoms with Crippen LogP contribution in [0.25, 0.3) is 0 Å². The van der Waals surface area contributed by atoms with E-state index in [2.05, 4.69) is 21.9 Å². The third kappa shape index (κ3) is 3.26. The number of anilines is 1. The molecular weight excluding hydrogens is 213 g/mol. The molecule has 0 aliphatic carbocycles. The molecule has 0 saturated heterocycles. The van der Waals surface area contributed by atoms with Crippen LogP contribution in [0, 0.1) is 17.7 Å². The third-order valence-corrected chi connectivity index (χ3v) is 1.71. The van der Waals surface area contributed by atoms with Gasteiger partial charge in [0.25, 0.3) is 0 Å². The first-order chi connectivity index (χ1) is 7.67. The van der Waals surface area contributed by atoms with Gasteiger partial charge in [-0.15, -0.1) is 0 Å². The van der Waals surface area contributed by atoms with Crippen molar-refractivity contribution >= 4 is 11.8 Å². The van der Waals surface area contributed by atoms with Gasteiger partial charge in [0.1, 0.15) is 12.4 Å². The van der Waals surface area contributed by atoms with Gasteiger partial charge in [0.2, 0.25) is 0 Å². The monoisotopic (exact) mass is 223 g/mol. The third-order valence-electron chi connectivity index (χ3n) is 1.71. The Balaban J connectivity index is 3.02. The lowest BCUT2D eigenvalue weighted by molar-refractivity contribution is 0.187. The van der Waals surface area contributed by atoms with Gasteiger partial charge in [-0.2, -0.15) is 0 Å². The van der Waals surface area contributed by atoms with Crippen LogP contribution < -0.4 is 5.32 Å². The average Bonchev–Trinajstić information content (AvgIpc) is 2.29. The van der Waals surface area contributed by atoms with Crippen molar-refractivity contribution in [3.8, 4) is 11.8 Å². The minimum atomic E-state index is -0.668. The zero-order valence-electron chi connectivity index (χ0n) is 8.58. The molecule has 0 aliphatic heterocycles. The van der Waals surface area contributed by atoms with Crippen LogP contribution in [-0.2, 0) is 4.74 Å². The number of carbonyl (C=O) groups excluding carboxylic acids is 1. The summed E-state index contributed by atoms with van der Waals surface area (Å²) >= 11 is 0. The van der Waals surface area contributed by atoms with Crippen molar-refractivity contribution in [1.29, 1.82) is 0 Å². The maximum Gasteiger partial charge on any atom is 0.411 e. The Morgan fingerprint density at radius 3 is 3.00 bits per heavy atom. The molecule has 0 bridgehead atoms. The van der Waals surface area contributed by atoms with Gasteiger partial charge in [-0.25, -0.2) is 9.18 Å². The molecule has 0 spiro atoms. The lowest BCUT2D eigenvalue weighted by atomic mass is 10.2. The van der Waals surface area contributed by atoms with Gasteiger partial charge >= 0.3 is 6.09 Å². The standard InChI is InChI=1S/C11H10FNO3/c1-16-11(15)13-10-5-4-9(12)7-8(10)3-2-6-14/h4-5,7,14H,6H2,1H3,(H,13,15). The summed E-state index contributed by atoms with van der Waals surface area (Å²) < 4.78 is 17.3. The number of ether oxygens (including phenoxy) is 1. The van der Waals surface area contributed by atoms with Gasteiger partial charge in [-0.3, -0.25) is 5.32 Å². The van der Waals surface area contributed by atoms with Crippen molar-refractivity contribution in [3.05, 3.63) is 29.6 Å². The summed E-state index contributed by atoms with van der Waals surface area (Å²) in [6.45, 7) is -0.339. The summed E-state index contributed by atoms with van der Waals surface area (Å²) in [6.07, 6.45) is -0.668. The van der Waals surface area contributed by atoms with Crippen LogP contribution >= 0.6 is 0 Å². The van der Waals surface area contributed by atoms with Crippen LogP contribution in [0.15, 0.2) is 18.2 Å². The number of halogens is 1. The van der Waals surface area contributed by atoms with E-state index in [-0.39, 0.29) is 12.2 Å². The molecule has 0 aromatic heterocycles. The Kier molecular flexibility index (Phi) is 4.30. The van der Waals surface area contributed by atoms with E-state index in [0.29, 0.717) is 5.69 Å². The molecule has 16 heavy (non-hydrogen) atoms. The highest BCUT2D eigenvalue weighted by molar-refractivity contribution is 5.86. The SMILES string of the molecule is COC(=O)Nc1ccc(F)cc1C#CCO. The first kappa shape index (κ1) is 12.0. The summed E-state index contributed by atoms with van der Waals surface area (Å²) in [5.41, 5.74) is 0.605.